The molecule has 0 radical (unpaired) electrons. The van der Waals surface area contributed by atoms with Gasteiger partial charge in [-0.15, -0.1) is 0 Å². The lowest BCUT2D eigenvalue weighted by atomic mass is 10.1. The summed E-state index contributed by atoms with van der Waals surface area (Å²) >= 11 is 0. The summed E-state index contributed by atoms with van der Waals surface area (Å²) in [6.07, 6.45) is 3.50. The fourth-order valence-electron chi connectivity index (χ4n) is 2.81. The molecule has 0 spiro atoms. The van der Waals surface area contributed by atoms with Crippen LogP contribution in [0.25, 0.3) is 11.1 Å². The van der Waals surface area contributed by atoms with E-state index in [4.69, 9.17) is 4.74 Å². The number of amidine groups is 1. The second kappa shape index (κ2) is 7.35. The third-order valence-electron chi connectivity index (χ3n) is 4.28. The van der Waals surface area contributed by atoms with Crippen LogP contribution in [0.2, 0.25) is 0 Å². The third-order valence-corrected chi connectivity index (χ3v) is 4.28. The molecule has 1 aromatic heterocycles. The Morgan fingerprint density at radius 2 is 1.62 bits per heavy atom. The van der Waals surface area contributed by atoms with Gasteiger partial charge in [-0.25, -0.2) is 9.97 Å². The van der Waals surface area contributed by atoms with Crippen molar-refractivity contribution >= 4 is 5.84 Å². The molecule has 0 aliphatic carbocycles. The molecular weight excluding hydrogens is 324 g/mol. The predicted octanol–water partition coefficient (Wildman–Crippen LogP) is 3.25. The van der Waals surface area contributed by atoms with Gasteiger partial charge in [-0.2, -0.15) is 0 Å². The number of benzene rings is 2. The molecule has 1 aliphatic heterocycles. The number of aryl methyl sites for hydroxylation is 1. The smallest absolute Gasteiger partial charge is 0.316 e. The van der Waals surface area contributed by atoms with E-state index in [0.717, 1.165) is 22.5 Å². The molecule has 0 amide bonds. The predicted molar refractivity (Wildman–Crippen MR) is 102 cm³/mol. The quantitative estimate of drug-likeness (QED) is 0.789. The van der Waals surface area contributed by atoms with Crippen LogP contribution in [0.15, 0.2) is 72.0 Å². The van der Waals surface area contributed by atoms with Crippen LogP contribution in [0, 0.1) is 6.92 Å². The SMILES string of the molecule is Cc1ccc(C2=NCC(Oc3ncc(-c4ccccc4)cn3)CN2)cc1. The second-order valence-corrected chi connectivity index (χ2v) is 6.30. The molecule has 0 saturated heterocycles. The molecule has 5 heteroatoms. The minimum atomic E-state index is -0.0771. The largest absolute Gasteiger partial charge is 0.456 e. The molecule has 1 N–H and O–H groups in total. The van der Waals surface area contributed by atoms with Gasteiger partial charge >= 0.3 is 6.01 Å². The van der Waals surface area contributed by atoms with Crippen molar-refractivity contribution in [2.75, 3.05) is 13.1 Å². The molecule has 3 aromatic rings. The zero-order valence-electron chi connectivity index (χ0n) is 14.6. The van der Waals surface area contributed by atoms with Crippen LogP contribution in [0.1, 0.15) is 11.1 Å². The Bertz CT molecular complexity index is 890. The molecular formula is C21H20N4O. The molecule has 0 bridgehead atoms. The molecule has 2 heterocycles. The van der Waals surface area contributed by atoms with Crippen LogP contribution >= 0.6 is 0 Å². The minimum Gasteiger partial charge on any atom is -0.456 e. The summed E-state index contributed by atoms with van der Waals surface area (Å²) in [6.45, 7) is 3.34. The number of ether oxygens (including phenoxy) is 1. The van der Waals surface area contributed by atoms with Gasteiger partial charge in [-0.3, -0.25) is 4.99 Å². The molecule has 2 aromatic carbocycles. The van der Waals surface area contributed by atoms with Gasteiger partial charge in [-0.1, -0.05) is 60.2 Å². The first-order chi connectivity index (χ1) is 12.8. The van der Waals surface area contributed by atoms with E-state index in [1.54, 1.807) is 12.4 Å². The Morgan fingerprint density at radius 1 is 0.885 bits per heavy atom. The fraction of sp³-hybridized carbons (Fsp3) is 0.190. The maximum absolute atomic E-state index is 5.86. The van der Waals surface area contributed by atoms with E-state index >= 15 is 0 Å². The highest BCUT2D eigenvalue weighted by atomic mass is 16.5. The first kappa shape index (κ1) is 16.3. The maximum Gasteiger partial charge on any atom is 0.316 e. The van der Waals surface area contributed by atoms with Crippen molar-refractivity contribution in [3.8, 4) is 17.1 Å². The molecule has 0 fully saturated rings. The van der Waals surface area contributed by atoms with Crippen molar-refractivity contribution in [1.82, 2.24) is 15.3 Å². The molecule has 26 heavy (non-hydrogen) atoms. The average Bonchev–Trinajstić information content (AvgIpc) is 2.71. The summed E-state index contributed by atoms with van der Waals surface area (Å²) in [7, 11) is 0. The number of rotatable bonds is 4. The van der Waals surface area contributed by atoms with Gasteiger partial charge in [0.15, 0.2) is 0 Å². The highest BCUT2D eigenvalue weighted by Crippen LogP contribution is 2.18. The van der Waals surface area contributed by atoms with E-state index in [-0.39, 0.29) is 6.10 Å². The Labute approximate surface area is 152 Å². The van der Waals surface area contributed by atoms with Gasteiger partial charge in [-0.05, 0) is 12.5 Å². The number of aliphatic imine (C=N–C) groups is 1. The van der Waals surface area contributed by atoms with E-state index in [0.29, 0.717) is 19.1 Å². The van der Waals surface area contributed by atoms with E-state index in [1.165, 1.54) is 5.56 Å². The normalized spacial score (nSPS) is 16.5. The number of nitrogens with zero attached hydrogens (tertiary/aromatic N) is 3. The number of hydrogen-bond donors (Lipinski definition) is 1. The van der Waals surface area contributed by atoms with E-state index < -0.39 is 0 Å². The lowest BCUT2D eigenvalue weighted by Gasteiger charge is -2.23. The van der Waals surface area contributed by atoms with Gasteiger partial charge in [0.2, 0.25) is 0 Å². The van der Waals surface area contributed by atoms with Crippen LogP contribution in [0.4, 0.5) is 0 Å². The van der Waals surface area contributed by atoms with Crippen molar-refractivity contribution < 1.29 is 4.74 Å². The van der Waals surface area contributed by atoms with Crippen LogP contribution in [0.5, 0.6) is 6.01 Å². The molecule has 1 unspecified atom stereocenters. The summed E-state index contributed by atoms with van der Waals surface area (Å²) < 4.78 is 5.86. The number of hydrogen-bond acceptors (Lipinski definition) is 5. The monoisotopic (exact) mass is 344 g/mol. The second-order valence-electron chi connectivity index (χ2n) is 6.30. The first-order valence-electron chi connectivity index (χ1n) is 8.67. The van der Waals surface area contributed by atoms with E-state index in [1.807, 2.05) is 30.3 Å². The molecule has 1 atom stereocenters. The Balaban J connectivity index is 1.39. The topological polar surface area (TPSA) is 59.4 Å². The van der Waals surface area contributed by atoms with Crippen LogP contribution in [-0.4, -0.2) is 35.0 Å². The van der Waals surface area contributed by atoms with Crippen LogP contribution in [-0.2, 0) is 0 Å². The summed E-state index contributed by atoms with van der Waals surface area (Å²) in [5, 5.41) is 3.33. The van der Waals surface area contributed by atoms with Gasteiger partial charge < -0.3 is 10.1 Å². The van der Waals surface area contributed by atoms with Crippen molar-refractivity contribution in [3.63, 3.8) is 0 Å². The lowest BCUT2D eigenvalue weighted by molar-refractivity contribution is 0.190. The average molecular weight is 344 g/mol. The fourth-order valence-corrected chi connectivity index (χ4v) is 2.81. The Kier molecular flexibility index (Phi) is 4.60. The van der Waals surface area contributed by atoms with Gasteiger partial charge in [0.05, 0.1) is 13.1 Å². The van der Waals surface area contributed by atoms with E-state index in [9.17, 15) is 0 Å². The highest BCUT2D eigenvalue weighted by Gasteiger charge is 2.18. The standard InChI is InChI=1S/C21H20N4O/c1-15-7-9-17(10-8-15)20-22-13-19(14-23-20)26-21-24-11-18(12-25-21)16-5-3-2-4-6-16/h2-12,19H,13-14H2,1H3,(H,22,23). The van der Waals surface area contributed by atoms with Gasteiger partial charge in [0.25, 0.3) is 0 Å². The lowest BCUT2D eigenvalue weighted by Crippen LogP contribution is -2.42. The maximum atomic E-state index is 5.86. The summed E-state index contributed by atoms with van der Waals surface area (Å²) in [4.78, 5) is 13.3. The molecule has 1 aliphatic rings. The summed E-state index contributed by atoms with van der Waals surface area (Å²) in [5.41, 5.74) is 4.39. The van der Waals surface area contributed by atoms with Crippen molar-refractivity contribution in [2.24, 2.45) is 4.99 Å². The number of nitrogens with one attached hydrogen (secondary N) is 1. The van der Waals surface area contributed by atoms with Crippen LogP contribution < -0.4 is 10.1 Å². The summed E-state index contributed by atoms with van der Waals surface area (Å²) in [6, 6.07) is 18.8. The Morgan fingerprint density at radius 3 is 2.27 bits per heavy atom. The van der Waals surface area contributed by atoms with Gasteiger partial charge in [0.1, 0.15) is 11.9 Å². The van der Waals surface area contributed by atoms with Gasteiger partial charge in [0, 0.05) is 23.5 Å². The van der Waals surface area contributed by atoms with Crippen molar-refractivity contribution in [2.45, 2.75) is 13.0 Å². The summed E-state index contributed by atoms with van der Waals surface area (Å²) in [5.74, 6) is 0.908. The first-order valence-corrected chi connectivity index (χ1v) is 8.67. The molecule has 130 valence electrons. The zero-order valence-corrected chi connectivity index (χ0v) is 14.6. The third kappa shape index (κ3) is 3.72. The highest BCUT2D eigenvalue weighted by molar-refractivity contribution is 5.99. The van der Waals surface area contributed by atoms with Crippen LogP contribution in [0.3, 0.4) is 0 Å². The van der Waals surface area contributed by atoms with Crippen molar-refractivity contribution in [3.05, 3.63) is 78.1 Å². The Hall–Kier alpha value is -3.21. The molecule has 4 rings (SSSR count). The number of aromatic nitrogens is 2. The zero-order chi connectivity index (χ0) is 17.8. The van der Waals surface area contributed by atoms with Crippen molar-refractivity contribution in [1.29, 1.82) is 0 Å². The minimum absolute atomic E-state index is 0.0771. The molecule has 5 nitrogen and oxygen atoms in total. The molecule has 0 saturated carbocycles. The van der Waals surface area contributed by atoms with E-state index in [2.05, 4.69) is 51.5 Å².